The number of nitrogens with zero attached hydrogens (tertiary/aromatic N) is 3. The molecule has 1 aliphatic carbocycles. The van der Waals surface area contributed by atoms with E-state index in [0.29, 0.717) is 6.04 Å². The number of nitrogens with one attached hydrogen (secondary N) is 1. The Hall–Kier alpha value is -0.910. The summed E-state index contributed by atoms with van der Waals surface area (Å²) in [5.41, 5.74) is 0. The van der Waals surface area contributed by atoms with Crippen molar-refractivity contribution in [2.45, 2.75) is 31.5 Å². The summed E-state index contributed by atoms with van der Waals surface area (Å²) in [6.45, 7) is 2.59. The number of likely N-dealkylation sites (N-methyl/N-ethyl adjacent to an activating group) is 1. The van der Waals surface area contributed by atoms with Crippen molar-refractivity contribution in [3.63, 3.8) is 0 Å². The van der Waals surface area contributed by atoms with Crippen molar-refractivity contribution in [2.24, 2.45) is 7.05 Å². The van der Waals surface area contributed by atoms with E-state index < -0.39 is 0 Å². The van der Waals surface area contributed by atoms with E-state index in [1.807, 2.05) is 19.4 Å². The average Bonchev–Trinajstić information content (AvgIpc) is 3.09. The zero-order valence-electron chi connectivity index (χ0n) is 11.6. The summed E-state index contributed by atoms with van der Waals surface area (Å²) in [4.78, 5) is 6.67. The summed E-state index contributed by atoms with van der Waals surface area (Å²) in [6, 6.07) is 1.14. The summed E-state index contributed by atoms with van der Waals surface area (Å²) in [6.07, 6.45) is 6.47. The summed E-state index contributed by atoms with van der Waals surface area (Å²) in [5.74, 6) is 1.09. The molecule has 0 aromatic carbocycles. The third-order valence-corrected chi connectivity index (χ3v) is 3.51. The molecule has 1 unspecified atom stereocenters. The van der Waals surface area contributed by atoms with Gasteiger partial charge in [-0.25, -0.2) is 4.98 Å². The number of methoxy groups -OCH3 is 1. The molecule has 0 radical (unpaired) electrons. The lowest BCUT2D eigenvalue weighted by atomic mass is 10.2. The van der Waals surface area contributed by atoms with Crippen LogP contribution in [0.1, 0.15) is 18.7 Å². The Kier molecular flexibility index (Phi) is 4.74. The highest BCUT2D eigenvalue weighted by Gasteiger charge is 2.23. The highest BCUT2D eigenvalue weighted by Crippen LogP contribution is 2.18. The van der Waals surface area contributed by atoms with Crippen molar-refractivity contribution < 1.29 is 4.74 Å². The van der Waals surface area contributed by atoms with E-state index in [4.69, 9.17) is 4.74 Å². The number of hydrogen-bond acceptors (Lipinski definition) is 4. The normalized spacial score (nSPS) is 17.3. The van der Waals surface area contributed by atoms with Crippen molar-refractivity contribution in [1.82, 2.24) is 19.8 Å². The van der Waals surface area contributed by atoms with Crippen LogP contribution in [0.4, 0.5) is 0 Å². The van der Waals surface area contributed by atoms with Gasteiger partial charge in [-0.1, -0.05) is 0 Å². The van der Waals surface area contributed by atoms with Gasteiger partial charge in [0.25, 0.3) is 0 Å². The number of imidazole rings is 1. The van der Waals surface area contributed by atoms with Gasteiger partial charge in [0.2, 0.25) is 0 Å². The molecule has 1 atom stereocenters. The number of rotatable bonds is 8. The molecule has 5 nitrogen and oxygen atoms in total. The fourth-order valence-electron chi connectivity index (χ4n) is 2.03. The van der Waals surface area contributed by atoms with Crippen LogP contribution in [-0.2, 0) is 18.3 Å². The maximum Gasteiger partial charge on any atom is 0.122 e. The maximum absolute atomic E-state index is 5.32. The van der Waals surface area contributed by atoms with Crippen molar-refractivity contribution in [2.75, 3.05) is 27.3 Å². The minimum absolute atomic E-state index is 0.396. The van der Waals surface area contributed by atoms with E-state index in [2.05, 4.69) is 26.8 Å². The molecular formula is C13H24N4O. The van der Waals surface area contributed by atoms with Crippen LogP contribution in [0.25, 0.3) is 0 Å². The van der Waals surface area contributed by atoms with E-state index in [1.165, 1.54) is 12.8 Å². The zero-order chi connectivity index (χ0) is 13.0. The van der Waals surface area contributed by atoms with Crippen LogP contribution < -0.4 is 5.32 Å². The molecule has 1 N–H and O–H groups in total. The minimum Gasteiger partial charge on any atom is -0.383 e. The molecule has 18 heavy (non-hydrogen) atoms. The maximum atomic E-state index is 5.32. The largest absolute Gasteiger partial charge is 0.383 e. The molecule has 0 aliphatic heterocycles. The SMILES string of the molecule is COCC(CNC1CC1)N(C)Cc1nccn1C. The molecule has 1 fully saturated rings. The first-order valence-corrected chi connectivity index (χ1v) is 6.59. The van der Waals surface area contributed by atoms with E-state index in [0.717, 1.165) is 31.6 Å². The second-order valence-electron chi connectivity index (χ2n) is 5.16. The lowest BCUT2D eigenvalue weighted by molar-refractivity contribution is 0.0991. The molecule has 102 valence electrons. The first-order chi connectivity index (χ1) is 8.70. The Morgan fingerprint density at radius 3 is 2.94 bits per heavy atom. The molecule has 1 aliphatic rings. The lowest BCUT2D eigenvalue weighted by Crippen LogP contribution is -2.43. The van der Waals surface area contributed by atoms with Gasteiger partial charge in [0.15, 0.2) is 0 Å². The van der Waals surface area contributed by atoms with E-state index in [1.54, 1.807) is 7.11 Å². The fraction of sp³-hybridized carbons (Fsp3) is 0.769. The van der Waals surface area contributed by atoms with Crippen LogP contribution in [0.2, 0.25) is 0 Å². The van der Waals surface area contributed by atoms with Crippen LogP contribution in [0.15, 0.2) is 12.4 Å². The van der Waals surface area contributed by atoms with Gasteiger partial charge in [-0.2, -0.15) is 0 Å². The van der Waals surface area contributed by atoms with Crippen LogP contribution in [0.3, 0.4) is 0 Å². The Balaban J connectivity index is 1.85. The molecule has 5 heteroatoms. The number of aromatic nitrogens is 2. The molecule has 1 saturated carbocycles. The third kappa shape index (κ3) is 3.80. The Bertz CT molecular complexity index is 362. The van der Waals surface area contributed by atoms with Crippen molar-refractivity contribution in [3.8, 4) is 0 Å². The van der Waals surface area contributed by atoms with Gasteiger partial charge in [-0.15, -0.1) is 0 Å². The summed E-state index contributed by atoms with van der Waals surface area (Å²) < 4.78 is 7.38. The molecule has 1 aromatic heterocycles. The first kappa shape index (κ1) is 13.5. The predicted molar refractivity (Wildman–Crippen MR) is 71.4 cm³/mol. The standard InChI is InChI=1S/C13H24N4O/c1-16-7-6-14-13(16)9-17(2)12(10-18-3)8-15-11-4-5-11/h6-7,11-12,15H,4-5,8-10H2,1-3H3. The van der Waals surface area contributed by atoms with Crippen LogP contribution >= 0.6 is 0 Å². The van der Waals surface area contributed by atoms with Crippen molar-refractivity contribution in [1.29, 1.82) is 0 Å². The van der Waals surface area contributed by atoms with Gasteiger partial charge >= 0.3 is 0 Å². The summed E-state index contributed by atoms with van der Waals surface area (Å²) >= 11 is 0. The van der Waals surface area contributed by atoms with Gasteiger partial charge in [0, 0.05) is 45.2 Å². The molecule has 0 saturated heterocycles. The molecule has 2 rings (SSSR count). The Labute approximate surface area is 109 Å². The number of aryl methyl sites for hydroxylation is 1. The Morgan fingerprint density at radius 1 is 1.61 bits per heavy atom. The van der Waals surface area contributed by atoms with Gasteiger partial charge < -0.3 is 14.6 Å². The summed E-state index contributed by atoms with van der Waals surface area (Å²) in [5, 5.41) is 3.57. The third-order valence-electron chi connectivity index (χ3n) is 3.51. The van der Waals surface area contributed by atoms with Gasteiger partial charge in [-0.3, -0.25) is 4.90 Å². The molecular weight excluding hydrogens is 228 g/mol. The van der Waals surface area contributed by atoms with E-state index in [9.17, 15) is 0 Å². The van der Waals surface area contributed by atoms with E-state index in [-0.39, 0.29) is 0 Å². The first-order valence-electron chi connectivity index (χ1n) is 6.59. The van der Waals surface area contributed by atoms with Gasteiger partial charge in [0.1, 0.15) is 5.82 Å². The molecule has 1 heterocycles. The average molecular weight is 252 g/mol. The lowest BCUT2D eigenvalue weighted by Gasteiger charge is -2.27. The predicted octanol–water partition coefficient (Wildman–Crippen LogP) is 0.619. The Morgan fingerprint density at radius 2 is 2.39 bits per heavy atom. The number of ether oxygens (including phenoxy) is 1. The van der Waals surface area contributed by atoms with Gasteiger partial charge in [-0.05, 0) is 19.9 Å². The van der Waals surface area contributed by atoms with Crippen molar-refractivity contribution in [3.05, 3.63) is 18.2 Å². The topological polar surface area (TPSA) is 42.3 Å². The fourth-order valence-corrected chi connectivity index (χ4v) is 2.03. The van der Waals surface area contributed by atoms with Crippen LogP contribution in [0, 0.1) is 0 Å². The van der Waals surface area contributed by atoms with Crippen LogP contribution in [0.5, 0.6) is 0 Å². The highest BCUT2D eigenvalue weighted by molar-refractivity contribution is 4.92. The highest BCUT2D eigenvalue weighted by atomic mass is 16.5. The van der Waals surface area contributed by atoms with Crippen LogP contribution in [-0.4, -0.2) is 53.8 Å². The second kappa shape index (κ2) is 6.31. The molecule has 0 spiro atoms. The molecule has 1 aromatic rings. The second-order valence-corrected chi connectivity index (χ2v) is 5.16. The van der Waals surface area contributed by atoms with Gasteiger partial charge in [0.05, 0.1) is 13.2 Å². The summed E-state index contributed by atoms with van der Waals surface area (Å²) in [7, 11) is 5.93. The van der Waals surface area contributed by atoms with Crippen molar-refractivity contribution >= 4 is 0 Å². The molecule has 0 bridgehead atoms. The smallest absolute Gasteiger partial charge is 0.122 e. The quantitative estimate of drug-likeness (QED) is 0.736. The zero-order valence-corrected chi connectivity index (χ0v) is 11.6. The monoisotopic (exact) mass is 252 g/mol. The van der Waals surface area contributed by atoms with E-state index >= 15 is 0 Å². The molecule has 0 amide bonds. The minimum atomic E-state index is 0.396. The number of hydrogen-bond donors (Lipinski definition) is 1.